The van der Waals surface area contributed by atoms with Crippen LogP contribution >= 0.6 is 0 Å². The highest BCUT2D eigenvalue weighted by atomic mass is 16.5. The summed E-state index contributed by atoms with van der Waals surface area (Å²) in [5.41, 5.74) is 2.60. The minimum Gasteiger partial charge on any atom is -0.488 e. The van der Waals surface area contributed by atoms with Crippen LogP contribution in [0.5, 0.6) is 5.75 Å². The molecule has 1 saturated carbocycles. The van der Waals surface area contributed by atoms with Crippen molar-refractivity contribution in [3.05, 3.63) is 48.0 Å². The highest BCUT2D eigenvalue weighted by molar-refractivity contribution is 5.37. The van der Waals surface area contributed by atoms with E-state index < -0.39 is 0 Å². The third-order valence-electron chi connectivity index (χ3n) is 4.08. The van der Waals surface area contributed by atoms with Crippen molar-refractivity contribution in [1.29, 1.82) is 0 Å². The monoisotopic (exact) mass is 269 g/mol. The molecule has 1 N–H and O–H groups in total. The Morgan fingerprint density at radius 2 is 2.20 bits per heavy atom. The molecule has 1 aromatic heterocycles. The molecule has 0 radical (unpaired) electrons. The fraction of sp³-hybridized carbons (Fsp3) is 0.438. The average Bonchev–Trinajstić information content (AvgIpc) is 3.06. The highest BCUT2D eigenvalue weighted by Gasteiger charge is 2.25. The predicted octanol–water partition coefficient (Wildman–Crippen LogP) is 2.31. The number of hydrogen-bond donors (Lipinski definition) is 1. The van der Waals surface area contributed by atoms with Gasteiger partial charge >= 0.3 is 0 Å². The van der Waals surface area contributed by atoms with Crippen molar-refractivity contribution in [1.82, 2.24) is 14.9 Å². The van der Waals surface area contributed by atoms with Crippen molar-refractivity contribution >= 4 is 0 Å². The molecule has 4 nitrogen and oxygen atoms in total. The fourth-order valence-corrected chi connectivity index (χ4v) is 2.88. The quantitative estimate of drug-likeness (QED) is 0.905. The van der Waals surface area contributed by atoms with Gasteiger partial charge in [0.2, 0.25) is 0 Å². The molecule has 0 amide bonds. The first-order valence-corrected chi connectivity index (χ1v) is 7.36. The van der Waals surface area contributed by atoms with Gasteiger partial charge in [0.05, 0.1) is 12.0 Å². The number of nitrogens with zero attached hydrogens (tertiary/aromatic N) is 2. The summed E-state index contributed by atoms with van der Waals surface area (Å²) < 4.78 is 8.23. The predicted molar refractivity (Wildman–Crippen MR) is 76.8 cm³/mol. The number of hydrogen-bond acceptors (Lipinski definition) is 3. The van der Waals surface area contributed by atoms with Crippen LogP contribution in [0.25, 0.3) is 0 Å². The maximum absolute atomic E-state index is 5.93. The van der Waals surface area contributed by atoms with Crippen molar-refractivity contribution in [2.75, 3.05) is 6.54 Å². The van der Waals surface area contributed by atoms with E-state index in [0.717, 1.165) is 25.3 Å². The molecule has 4 rings (SSSR count). The largest absolute Gasteiger partial charge is 0.488 e. The van der Waals surface area contributed by atoms with Gasteiger partial charge in [-0.25, -0.2) is 4.98 Å². The van der Waals surface area contributed by atoms with Crippen LogP contribution in [-0.2, 0) is 13.0 Å². The summed E-state index contributed by atoms with van der Waals surface area (Å²) in [5.74, 6) is 1.04. The van der Waals surface area contributed by atoms with E-state index in [4.69, 9.17) is 4.74 Å². The summed E-state index contributed by atoms with van der Waals surface area (Å²) in [6.07, 6.45) is 7.77. The molecule has 1 aliphatic heterocycles. The Bertz CT molecular complexity index is 578. The zero-order valence-electron chi connectivity index (χ0n) is 11.5. The van der Waals surface area contributed by atoms with E-state index in [2.05, 4.69) is 33.1 Å². The molecular formula is C16H19N3O. The van der Waals surface area contributed by atoms with Crippen LogP contribution in [0.3, 0.4) is 0 Å². The molecule has 0 spiro atoms. The van der Waals surface area contributed by atoms with E-state index in [-0.39, 0.29) is 6.10 Å². The Labute approximate surface area is 118 Å². The van der Waals surface area contributed by atoms with Gasteiger partial charge in [-0.15, -0.1) is 0 Å². The van der Waals surface area contributed by atoms with Crippen molar-refractivity contribution in [2.45, 2.75) is 38.0 Å². The van der Waals surface area contributed by atoms with Crippen LogP contribution in [0.1, 0.15) is 30.1 Å². The van der Waals surface area contributed by atoms with E-state index in [0.29, 0.717) is 6.04 Å². The highest BCUT2D eigenvalue weighted by Crippen LogP contribution is 2.35. The van der Waals surface area contributed by atoms with Crippen LogP contribution in [0.2, 0.25) is 0 Å². The van der Waals surface area contributed by atoms with Gasteiger partial charge in [0.1, 0.15) is 11.9 Å². The number of aromatic nitrogens is 2. The number of benzene rings is 1. The number of rotatable bonds is 5. The molecule has 1 aromatic carbocycles. The Morgan fingerprint density at radius 3 is 3.05 bits per heavy atom. The molecule has 0 saturated heterocycles. The van der Waals surface area contributed by atoms with E-state index in [1.165, 1.54) is 24.1 Å². The molecule has 0 bridgehead atoms. The molecular weight excluding hydrogens is 250 g/mol. The average molecular weight is 269 g/mol. The molecule has 20 heavy (non-hydrogen) atoms. The van der Waals surface area contributed by atoms with Gasteiger partial charge in [-0.1, -0.05) is 18.2 Å². The van der Waals surface area contributed by atoms with Crippen LogP contribution in [0, 0.1) is 0 Å². The Morgan fingerprint density at radius 1 is 1.30 bits per heavy atom. The topological polar surface area (TPSA) is 39.1 Å². The smallest absolute Gasteiger partial charge is 0.123 e. The first kappa shape index (κ1) is 12.0. The Balaban J connectivity index is 1.31. The van der Waals surface area contributed by atoms with Gasteiger partial charge in [-0.05, 0) is 24.5 Å². The third kappa shape index (κ3) is 2.31. The maximum atomic E-state index is 5.93. The van der Waals surface area contributed by atoms with E-state index in [1.54, 1.807) is 0 Å². The van der Waals surface area contributed by atoms with Gasteiger partial charge in [0, 0.05) is 31.7 Å². The second kappa shape index (κ2) is 4.94. The minimum absolute atomic E-state index is 0.254. The Kier molecular flexibility index (Phi) is 2.96. The minimum atomic E-state index is 0.254. The van der Waals surface area contributed by atoms with Crippen LogP contribution < -0.4 is 10.1 Å². The summed E-state index contributed by atoms with van der Waals surface area (Å²) in [6, 6.07) is 9.01. The molecule has 1 fully saturated rings. The molecule has 4 heteroatoms. The molecule has 1 atom stereocenters. The second-order valence-corrected chi connectivity index (χ2v) is 5.71. The standard InChI is InChI=1S/C16H19N3O/c1-2-4-16-12(3-1)7-15(20-16)10-17-8-14-9-18-11-19(14)13-5-6-13/h1-4,9,11,13,15,17H,5-8,10H2. The van der Waals surface area contributed by atoms with E-state index in [1.807, 2.05) is 18.6 Å². The summed E-state index contributed by atoms with van der Waals surface area (Å²) >= 11 is 0. The third-order valence-corrected chi connectivity index (χ3v) is 4.08. The summed E-state index contributed by atoms with van der Waals surface area (Å²) in [4.78, 5) is 4.26. The van der Waals surface area contributed by atoms with Gasteiger partial charge in [-0.2, -0.15) is 0 Å². The lowest BCUT2D eigenvalue weighted by molar-refractivity contribution is 0.227. The zero-order valence-corrected chi connectivity index (χ0v) is 11.5. The summed E-state index contributed by atoms with van der Waals surface area (Å²) in [6.45, 7) is 1.75. The Hall–Kier alpha value is -1.81. The summed E-state index contributed by atoms with van der Waals surface area (Å²) in [5, 5.41) is 3.50. The number of fused-ring (bicyclic) bond motifs is 1. The SMILES string of the molecule is c1ccc2c(c1)CC(CNCc1cncn1C1CC1)O2. The van der Waals surface area contributed by atoms with Crippen molar-refractivity contribution < 1.29 is 4.74 Å². The lowest BCUT2D eigenvalue weighted by Gasteiger charge is -2.12. The first-order chi connectivity index (χ1) is 9.90. The summed E-state index contributed by atoms with van der Waals surface area (Å²) in [7, 11) is 0. The lowest BCUT2D eigenvalue weighted by Crippen LogP contribution is -2.30. The number of imidazole rings is 1. The molecule has 2 aromatic rings. The number of ether oxygens (including phenoxy) is 1. The second-order valence-electron chi connectivity index (χ2n) is 5.71. The van der Waals surface area contributed by atoms with E-state index >= 15 is 0 Å². The lowest BCUT2D eigenvalue weighted by atomic mass is 10.1. The maximum Gasteiger partial charge on any atom is 0.123 e. The number of para-hydroxylation sites is 1. The van der Waals surface area contributed by atoms with Crippen molar-refractivity contribution in [2.24, 2.45) is 0 Å². The first-order valence-electron chi connectivity index (χ1n) is 7.36. The normalized spacial score (nSPS) is 20.7. The number of nitrogens with one attached hydrogen (secondary N) is 1. The molecule has 2 heterocycles. The zero-order chi connectivity index (χ0) is 13.4. The van der Waals surface area contributed by atoms with Crippen molar-refractivity contribution in [3.8, 4) is 5.75 Å². The van der Waals surface area contributed by atoms with Gasteiger partial charge < -0.3 is 14.6 Å². The van der Waals surface area contributed by atoms with Crippen LogP contribution in [-0.4, -0.2) is 22.2 Å². The fourth-order valence-electron chi connectivity index (χ4n) is 2.88. The van der Waals surface area contributed by atoms with Gasteiger partial charge in [-0.3, -0.25) is 0 Å². The van der Waals surface area contributed by atoms with Crippen molar-refractivity contribution in [3.63, 3.8) is 0 Å². The van der Waals surface area contributed by atoms with Gasteiger partial charge in [0.15, 0.2) is 0 Å². The molecule has 1 aliphatic carbocycles. The van der Waals surface area contributed by atoms with E-state index in [9.17, 15) is 0 Å². The van der Waals surface area contributed by atoms with Gasteiger partial charge in [0.25, 0.3) is 0 Å². The van der Waals surface area contributed by atoms with Crippen LogP contribution in [0.15, 0.2) is 36.8 Å². The molecule has 1 unspecified atom stereocenters. The van der Waals surface area contributed by atoms with Crippen LogP contribution in [0.4, 0.5) is 0 Å². The molecule has 2 aliphatic rings. The molecule has 104 valence electrons.